The SMILES string of the molecule is COc1ccccc1N1CCN(c2ccc(Br)nn2)CC1. The van der Waals surface area contributed by atoms with Crippen molar-refractivity contribution in [1.29, 1.82) is 0 Å². The Morgan fingerprint density at radius 2 is 1.67 bits per heavy atom. The summed E-state index contributed by atoms with van der Waals surface area (Å²) in [4.78, 5) is 4.60. The number of nitrogens with zero attached hydrogens (tertiary/aromatic N) is 4. The largest absolute Gasteiger partial charge is 0.495 e. The third kappa shape index (κ3) is 3.10. The number of halogens is 1. The van der Waals surface area contributed by atoms with Gasteiger partial charge in [-0.05, 0) is 40.2 Å². The lowest BCUT2D eigenvalue weighted by atomic mass is 10.2. The van der Waals surface area contributed by atoms with Gasteiger partial charge in [0, 0.05) is 26.2 Å². The highest BCUT2D eigenvalue weighted by Crippen LogP contribution is 2.28. The number of hydrogen-bond donors (Lipinski definition) is 0. The third-order valence-electron chi connectivity index (χ3n) is 3.65. The highest BCUT2D eigenvalue weighted by Gasteiger charge is 2.20. The lowest BCUT2D eigenvalue weighted by Crippen LogP contribution is -2.47. The van der Waals surface area contributed by atoms with Gasteiger partial charge in [-0.3, -0.25) is 0 Å². The Bertz CT molecular complexity index is 597. The second-order valence-electron chi connectivity index (χ2n) is 4.86. The molecule has 2 aromatic rings. The van der Waals surface area contributed by atoms with E-state index in [9.17, 15) is 0 Å². The second-order valence-corrected chi connectivity index (χ2v) is 5.67. The Balaban J connectivity index is 1.69. The van der Waals surface area contributed by atoms with Crippen molar-refractivity contribution in [3.05, 3.63) is 41.0 Å². The van der Waals surface area contributed by atoms with Crippen molar-refractivity contribution in [2.24, 2.45) is 0 Å². The smallest absolute Gasteiger partial charge is 0.151 e. The molecule has 1 aromatic carbocycles. The topological polar surface area (TPSA) is 41.5 Å². The number of hydrogen-bond acceptors (Lipinski definition) is 5. The van der Waals surface area contributed by atoms with E-state index in [4.69, 9.17) is 4.74 Å². The zero-order chi connectivity index (χ0) is 14.7. The number of para-hydroxylation sites is 2. The average Bonchev–Trinajstić information content (AvgIpc) is 2.56. The molecule has 1 aliphatic rings. The molecule has 1 aliphatic heterocycles. The van der Waals surface area contributed by atoms with E-state index in [0.29, 0.717) is 0 Å². The lowest BCUT2D eigenvalue weighted by Gasteiger charge is -2.36. The summed E-state index contributed by atoms with van der Waals surface area (Å²) in [6.07, 6.45) is 0. The quantitative estimate of drug-likeness (QED) is 0.852. The van der Waals surface area contributed by atoms with Gasteiger partial charge in [-0.2, -0.15) is 0 Å². The zero-order valence-electron chi connectivity index (χ0n) is 11.9. The highest BCUT2D eigenvalue weighted by atomic mass is 79.9. The number of aromatic nitrogens is 2. The van der Waals surface area contributed by atoms with Gasteiger partial charge < -0.3 is 14.5 Å². The summed E-state index contributed by atoms with van der Waals surface area (Å²) in [5.41, 5.74) is 1.15. The molecule has 0 saturated carbocycles. The van der Waals surface area contributed by atoms with Crippen LogP contribution >= 0.6 is 15.9 Å². The fourth-order valence-electron chi connectivity index (χ4n) is 2.55. The van der Waals surface area contributed by atoms with Crippen LogP contribution in [0, 0.1) is 0 Å². The number of benzene rings is 1. The molecule has 1 saturated heterocycles. The molecule has 0 amide bonds. The maximum Gasteiger partial charge on any atom is 0.151 e. The maximum absolute atomic E-state index is 5.44. The van der Waals surface area contributed by atoms with E-state index >= 15 is 0 Å². The molecule has 2 heterocycles. The third-order valence-corrected chi connectivity index (χ3v) is 4.07. The Kier molecular flexibility index (Phi) is 4.24. The van der Waals surface area contributed by atoms with E-state index in [2.05, 4.69) is 42.0 Å². The molecule has 0 aliphatic carbocycles. The van der Waals surface area contributed by atoms with Crippen LogP contribution in [0.3, 0.4) is 0 Å². The molecule has 0 unspecified atom stereocenters. The predicted molar refractivity (Wildman–Crippen MR) is 87.2 cm³/mol. The van der Waals surface area contributed by atoms with Crippen molar-refractivity contribution >= 4 is 27.4 Å². The highest BCUT2D eigenvalue weighted by molar-refractivity contribution is 9.10. The fraction of sp³-hybridized carbons (Fsp3) is 0.333. The summed E-state index contributed by atoms with van der Waals surface area (Å²) in [5, 5.41) is 8.27. The first-order valence-electron chi connectivity index (χ1n) is 6.90. The van der Waals surface area contributed by atoms with Gasteiger partial charge in [-0.25, -0.2) is 0 Å². The number of methoxy groups -OCH3 is 1. The van der Waals surface area contributed by atoms with E-state index in [-0.39, 0.29) is 0 Å². The predicted octanol–water partition coefficient (Wildman–Crippen LogP) is 2.57. The molecule has 21 heavy (non-hydrogen) atoms. The fourth-order valence-corrected chi connectivity index (χ4v) is 2.76. The summed E-state index contributed by atoms with van der Waals surface area (Å²) < 4.78 is 6.20. The van der Waals surface area contributed by atoms with Gasteiger partial charge in [0.2, 0.25) is 0 Å². The van der Waals surface area contributed by atoms with Crippen LogP contribution in [-0.4, -0.2) is 43.5 Å². The molecule has 0 radical (unpaired) electrons. The molecule has 1 aromatic heterocycles. The minimum Gasteiger partial charge on any atom is -0.495 e. The Morgan fingerprint density at radius 3 is 2.33 bits per heavy atom. The monoisotopic (exact) mass is 348 g/mol. The van der Waals surface area contributed by atoms with Crippen LogP contribution < -0.4 is 14.5 Å². The maximum atomic E-state index is 5.44. The number of anilines is 2. The Labute approximate surface area is 132 Å². The van der Waals surface area contributed by atoms with Crippen molar-refractivity contribution in [2.75, 3.05) is 43.1 Å². The molecule has 0 N–H and O–H groups in total. The Hall–Kier alpha value is -1.82. The molecule has 3 rings (SSSR count). The van der Waals surface area contributed by atoms with Crippen molar-refractivity contribution < 1.29 is 4.74 Å². The van der Waals surface area contributed by atoms with E-state index in [1.54, 1.807) is 7.11 Å². The van der Waals surface area contributed by atoms with Crippen molar-refractivity contribution in [3.8, 4) is 5.75 Å². The molecular weight excluding hydrogens is 332 g/mol. The van der Waals surface area contributed by atoms with Crippen LogP contribution in [-0.2, 0) is 0 Å². The minimum atomic E-state index is 0.763. The van der Waals surface area contributed by atoms with Crippen molar-refractivity contribution in [1.82, 2.24) is 10.2 Å². The first kappa shape index (κ1) is 14.1. The molecule has 0 bridgehead atoms. The minimum absolute atomic E-state index is 0.763. The zero-order valence-corrected chi connectivity index (χ0v) is 13.5. The number of rotatable bonds is 3. The van der Waals surface area contributed by atoms with E-state index < -0.39 is 0 Å². The van der Waals surface area contributed by atoms with Crippen LogP contribution in [0.1, 0.15) is 0 Å². The summed E-state index contributed by atoms with van der Waals surface area (Å²) >= 11 is 3.31. The summed E-state index contributed by atoms with van der Waals surface area (Å²) in [6, 6.07) is 12.1. The van der Waals surface area contributed by atoms with E-state index in [1.807, 2.05) is 30.3 Å². The first-order chi connectivity index (χ1) is 10.3. The van der Waals surface area contributed by atoms with Crippen molar-refractivity contribution in [2.45, 2.75) is 0 Å². The van der Waals surface area contributed by atoms with E-state index in [0.717, 1.165) is 48.0 Å². The van der Waals surface area contributed by atoms with Crippen LogP contribution in [0.4, 0.5) is 11.5 Å². The molecule has 6 heteroatoms. The molecular formula is C15H17BrN4O. The molecule has 0 atom stereocenters. The second kappa shape index (κ2) is 6.30. The molecule has 110 valence electrons. The van der Waals surface area contributed by atoms with Gasteiger partial charge in [-0.1, -0.05) is 12.1 Å². The van der Waals surface area contributed by atoms with Gasteiger partial charge in [-0.15, -0.1) is 10.2 Å². The number of ether oxygens (including phenoxy) is 1. The number of piperazine rings is 1. The van der Waals surface area contributed by atoms with Gasteiger partial charge in [0.05, 0.1) is 12.8 Å². The van der Waals surface area contributed by atoms with Crippen LogP contribution in [0.25, 0.3) is 0 Å². The Morgan fingerprint density at radius 1 is 0.952 bits per heavy atom. The van der Waals surface area contributed by atoms with Crippen LogP contribution in [0.5, 0.6) is 5.75 Å². The van der Waals surface area contributed by atoms with Gasteiger partial charge in [0.15, 0.2) is 5.82 Å². The average molecular weight is 349 g/mol. The standard InChI is InChI=1S/C15H17BrN4O/c1-21-13-5-3-2-4-12(13)19-8-10-20(11-9-19)15-7-6-14(16)17-18-15/h2-7H,8-11H2,1H3. The molecule has 5 nitrogen and oxygen atoms in total. The van der Waals surface area contributed by atoms with Gasteiger partial charge >= 0.3 is 0 Å². The lowest BCUT2D eigenvalue weighted by molar-refractivity contribution is 0.413. The summed E-state index contributed by atoms with van der Waals surface area (Å²) in [6.45, 7) is 3.74. The molecule has 1 fully saturated rings. The van der Waals surface area contributed by atoms with Gasteiger partial charge in [0.1, 0.15) is 10.4 Å². The van der Waals surface area contributed by atoms with Crippen molar-refractivity contribution in [3.63, 3.8) is 0 Å². The normalized spacial score (nSPS) is 15.1. The van der Waals surface area contributed by atoms with Crippen LogP contribution in [0.15, 0.2) is 41.0 Å². The summed E-state index contributed by atoms with van der Waals surface area (Å²) in [7, 11) is 1.71. The van der Waals surface area contributed by atoms with Gasteiger partial charge in [0.25, 0.3) is 0 Å². The molecule has 0 spiro atoms. The van der Waals surface area contributed by atoms with E-state index in [1.165, 1.54) is 0 Å². The first-order valence-corrected chi connectivity index (χ1v) is 7.69. The van der Waals surface area contributed by atoms with Crippen LogP contribution in [0.2, 0.25) is 0 Å². The summed E-state index contributed by atoms with van der Waals surface area (Å²) in [5.74, 6) is 1.85.